The Morgan fingerprint density at radius 1 is 1.19 bits per heavy atom. The lowest BCUT2D eigenvalue weighted by atomic mass is 9.95. The number of nitrogens with one attached hydrogen (secondary N) is 2. The number of aromatic nitrogens is 3. The minimum Gasteiger partial charge on any atom is -0.352 e. The monoisotopic (exact) mass is 427 g/mol. The van der Waals surface area contributed by atoms with Crippen molar-refractivity contribution in [3.63, 3.8) is 0 Å². The number of carbonyl (C=O) groups is 2. The van der Waals surface area contributed by atoms with Crippen molar-refractivity contribution in [2.75, 3.05) is 0 Å². The Labute approximate surface area is 183 Å². The first-order valence-corrected chi connectivity index (χ1v) is 11.0. The lowest BCUT2D eigenvalue weighted by Crippen LogP contribution is -2.40. The first kappa shape index (κ1) is 22.8. The lowest BCUT2D eigenvalue weighted by Gasteiger charge is -2.23. The molecule has 0 saturated heterocycles. The minimum absolute atomic E-state index is 0.0833. The van der Waals surface area contributed by atoms with Crippen LogP contribution < -0.4 is 16.2 Å². The summed E-state index contributed by atoms with van der Waals surface area (Å²) in [5.41, 5.74) is 3.22. The van der Waals surface area contributed by atoms with Gasteiger partial charge in [-0.05, 0) is 51.7 Å². The van der Waals surface area contributed by atoms with E-state index in [2.05, 4.69) is 15.7 Å². The molecule has 31 heavy (non-hydrogen) atoms. The third-order valence-electron chi connectivity index (χ3n) is 6.08. The van der Waals surface area contributed by atoms with Crippen LogP contribution in [0.1, 0.15) is 66.3 Å². The zero-order valence-electron chi connectivity index (χ0n) is 18.9. The Morgan fingerprint density at radius 2 is 1.90 bits per heavy atom. The number of amides is 2. The van der Waals surface area contributed by atoms with E-state index in [1.807, 2.05) is 32.5 Å². The molecule has 0 spiro atoms. The highest BCUT2D eigenvalue weighted by Crippen LogP contribution is 2.17. The second-order valence-corrected chi connectivity index (χ2v) is 8.64. The molecular formula is C23H33N5O3. The van der Waals surface area contributed by atoms with Crippen LogP contribution >= 0.6 is 0 Å². The van der Waals surface area contributed by atoms with Crippen LogP contribution in [-0.4, -0.2) is 38.2 Å². The van der Waals surface area contributed by atoms with Gasteiger partial charge in [0, 0.05) is 37.1 Å². The predicted molar refractivity (Wildman–Crippen MR) is 119 cm³/mol. The molecule has 1 fully saturated rings. The molecule has 1 aliphatic carbocycles. The normalized spacial score (nSPS) is 15.5. The Balaban J connectivity index is 1.62. The summed E-state index contributed by atoms with van der Waals surface area (Å²) in [6, 6.07) is 2.91. The van der Waals surface area contributed by atoms with Gasteiger partial charge in [0.05, 0.1) is 11.3 Å². The molecule has 2 aromatic heterocycles. The number of carbonyl (C=O) groups excluding carboxylic acids is 2. The van der Waals surface area contributed by atoms with Crippen molar-refractivity contribution in [1.29, 1.82) is 0 Å². The van der Waals surface area contributed by atoms with Gasteiger partial charge in [-0.1, -0.05) is 19.3 Å². The van der Waals surface area contributed by atoms with Crippen LogP contribution in [-0.2, 0) is 24.8 Å². The molecule has 2 amide bonds. The average Bonchev–Trinajstić information content (AvgIpc) is 2.96. The van der Waals surface area contributed by atoms with Crippen molar-refractivity contribution < 1.29 is 9.59 Å². The van der Waals surface area contributed by atoms with Gasteiger partial charge in [0.2, 0.25) is 5.91 Å². The summed E-state index contributed by atoms with van der Waals surface area (Å²) >= 11 is 0. The minimum atomic E-state index is -0.301. The fourth-order valence-electron chi connectivity index (χ4n) is 4.24. The molecule has 3 rings (SSSR count). The van der Waals surface area contributed by atoms with E-state index >= 15 is 0 Å². The Morgan fingerprint density at radius 3 is 2.55 bits per heavy atom. The third kappa shape index (κ3) is 5.83. The molecule has 0 unspecified atom stereocenters. The largest absolute Gasteiger partial charge is 0.352 e. The highest BCUT2D eigenvalue weighted by Gasteiger charge is 2.18. The molecule has 168 valence electrons. The van der Waals surface area contributed by atoms with E-state index in [0.717, 1.165) is 42.6 Å². The molecule has 0 radical (unpaired) electrons. The second-order valence-electron chi connectivity index (χ2n) is 8.64. The van der Waals surface area contributed by atoms with E-state index in [0.29, 0.717) is 12.0 Å². The van der Waals surface area contributed by atoms with Crippen molar-refractivity contribution in [3.05, 3.63) is 51.2 Å². The molecule has 0 aromatic carbocycles. The first-order chi connectivity index (χ1) is 14.7. The Bertz CT molecular complexity index is 1000. The molecule has 1 saturated carbocycles. The summed E-state index contributed by atoms with van der Waals surface area (Å²) in [5, 5.41) is 10.4. The van der Waals surface area contributed by atoms with Crippen molar-refractivity contribution in [3.8, 4) is 0 Å². The van der Waals surface area contributed by atoms with Gasteiger partial charge in [0.15, 0.2) is 0 Å². The summed E-state index contributed by atoms with van der Waals surface area (Å²) < 4.78 is 3.14. The van der Waals surface area contributed by atoms with Gasteiger partial charge in [-0.15, -0.1) is 0 Å². The summed E-state index contributed by atoms with van der Waals surface area (Å²) in [4.78, 5) is 37.3. The summed E-state index contributed by atoms with van der Waals surface area (Å²) in [7, 11) is 1.91. The number of pyridine rings is 1. The van der Waals surface area contributed by atoms with Crippen LogP contribution in [0.3, 0.4) is 0 Å². The van der Waals surface area contributed by atoms with Gasteiger partial charge in [-0.3, -0.25) is 19.1 Å². The quantitative estimate of drug-likeness (QED) is 0.706. The summed E-state index contributed by atoms with van der Waals surface area (Å²) in [6.07, 6.45) is 7.55. The van der Waals surface area contributed by atoms with E-state index in [-0.39, 0.29) is 36.0 Å². The number of nitrogens with zero attached hydrogens (tertiary/aromatic N) is 3. The van der Waals surface area contributed by atoms with Gasteiger partial charge in [-0.2, -0.15) is 5.10 Å². The van der Waals surface area contributed by atoms with Crippen molar-refractivity contribution in [1.82, 2.24) is 25.0 Å². The maximum atomic E-state index is 12.7. The van der Waals surface area contributed by atoms with Gasteiger partial charge in [0.25, 0.3) is 11.5 Å². The van der Waals surface area contributed by atoms with Crippen molar-refractivity contribution >= 4 is 11.8 Å². The second kappa shape index (κ2) is 9.94. The summed E-state index contributed by atoms with van der Waals surface area (Å²) in [6.45, 7) is 5.83. The van der Waals surface area contributed by atoms with Crippen LogP contribution in [0.15, 0.2) is 23.1 Å². The van der Waals surface area contributed by atoms with Crippen LogP contribution in [0.4, 0.5) is 0 Å². The van der Waals surface area contributed by atoms with Gasteiger partial charge in [-0.25, -0.2) is 0 Å². The smallest absolute Gasteiger partial charge is 0.252 e. The highest BCUT2D eigenvalue weighted by atomic mass is 16.2. The fourth-order valence-corrected chi connectivity index (χ4v) is 4.24. The SMILES string of the molecule is Cc1nn(C)c(C)c1C[C@H](C)NC(=O)c1ccc(=O)n(CC(=O)NC2CCCCC2)c1. The number of hydrogen-bond donors (Lipinski definition) is 2. The summed E-state index contributed by atoms with van der Waals surface area (Å²) in [5.74, 6) is -0.462. The zero-order valence-corrected chi connectivity index (χ0v) is 18.9. The molecular weight excluding hydrogens is 394 g/mol. The van der Waals surface area contributed by atoms with Crippen molar-refractivity contribution in [2.45, 2.75) is 77.9 Å². The van der Waals surface area contributed by atoms with E-state index in [4.69, 9.17) is 0 Å². The molecule has 0 bridgehead atoms. The fraction of sp³-hybridized carbons (Fsp3) is 0.565. The molecule has 1 atom stereocenters. The Hall–Kier alpha value is -2.90. The number of aryl methyl sites for hydroxylation is 2. The number of rotatable bonds is 7. The third-order valence-corrected chi connectivity index (χ3v) is 6.08. The van der Waals surface area contributed by atoms with Gasteiger partial charge < -0.3 is 15.2 Å². The topological polar surface area (TPSA) is 98.0 Å². The van der Waals surface area contributed by atoms with E-state index in [1.165, 1.54) is 29.3 Å². The standard InChI is InChI=1S/C23H33N5O3/c1-15(12-20-16(2)26-27(4)17(20)3)24-23(31)18-10-11-22(30)28(13-18)14-21(29)25-19-8-6-5-7-9-19/h10-11,13,15,19H,5-9,12,14H2,1-4H3,(H,24,31)(H,25,29)/t15-/m0/s1. The molecule has 2 heterocycles. The molecule has 2 aromatic rings. The molecule has 1 aliphatic rings. The maximum Gasteiger partial charge on any atom is 0.252 e. The average molecular weight is 428 g/mol. The van der Waals surface area contributed by atoms with Crippen LogP contribution in [0.2, 0.25) is 0 Å². The van der Waals surface area contributed by atoms with E-state index < -0.39 is 0 Å². The molecule has 8 heteroatoms. The Kier molecular flexibility index (Phi) is 7.30. The molecule has 2 N–H and O–H groups in total. The molecule has 0 aliphatic heterocycles. The van der Waals surface area contributed by atoms with E-state index in [9.17, 15) is 14.4 Å². The maximum absolute atomic E-state index is 12.7. The van der Waals surface area contributed by atoms with Crippen LogP contribution in [0, 0.1) is 13.8 Å². The van der Waals surface area contributed by atoms with Crippen LogP contribution in [0.5, 0.6) is 0 Å². The van der Waals surface area contributed by atoms with Crippen molar-refractivity contribution in [2.24, 2.45) is 7.05 Å². The van der Waals surface area contributed by atoms with Gasteiger partial charge in [0.1, 0.15) is 6.54 Å². The highest BCUT2D eigenvalue weighted by molar-refractivity contribution is 5.94. The molecule has 8 nitrogen and oxygen atoms in total. The van der Waals surface area contributed by atoms with Gasteiger partial charge >= 0.3 is 0 Å². The lowest BCUT2D eigenvalue weighted by molar-refractivity contribution is -0.122. The zero-order chi connectivity index (χ0) is 22.5. The first-order valence-electron chi connectivity index (χ1n) is 11.0. The van der Waals surface area contributed by atoms with E-state index in [1.54, 1.807) is 0 Å². The predicted octanol–water partition coefficient (Wildman–Crippen LogP) is 2.01. The van der Waals surface area contributed by atoms with Crippen LogP contribution in [0.25, 0.3) is 0 Å². The number of hydrogen-bond acceptors (Lipinski definition) is 4.